The van der Waals surface area contributed by atoms with E-state index in [0.717, 1.165) is 19.3 Å². The fourth-order valence-corrected chi connectivity index (χ4v) is 2.31. The van der Waals surface area contributed by atoms with Gasteiger partial charge in [0, 0.05) is 19.4 Å². The molecule has 1 N–H and O–H groups in total. The van der Waals surface area contributed by atoms with E-state index in [0.29, 0.717) is 0 Å². The first-order valence-corrected chi connectivity index (χ1v) is 5.99. The average molecular weight is 262 g/mol. The zero-order valence-corrected chi connectivity index (χ0v) is 10.5. The summed E-state index contributed by atoms with van der Waals surface area (Å²) in [4.78, 5) is 14.4. The summed E-state index contributed by atoms with van der Waals surface area (Å²) in [6.07, 6.45) is 4.19. The van der Waals surface area contributed by atoms with Gasteiger partial charge >= 0.3 is 5.69 Å². The molecule has 0 aromatic carbocycles. The van der Waals surface area contributed by atoms with Gasteiger partial charge < -0.3 is 10.1 Å². The molecule has 2 atom stereocenters. The number of hydrogen-bond acceptors (Lipinski definition) is 6. The van der Waals surface area contributed by atoms with Gasteiger partial charge in [-0.15, -0.1) is 0 Å². The van der Waals surface area contributed by atoms with E-state index in [-0.39, 0.29) is 29.2 Å². The first-order chi connectivity index (χ1) is 9.15. The highest BCUT2D eigenvalue weighted by atomic mass is 16.6. The average Bonchev–Trinajstić information content (AvgIpc) is 2.86. The Morgan fingerprint density at radius 2 is 2.42 bits per heavy atom. The topological polar surface area (TPSA) is 101 Å². The van der Waals surface area contributed by atoms with Crippen LogP contribution in [0.5, 0.6) is 0 Å². The number of anilines is 1. The minimum Gasteiger partial charge on any atom is -0.379 e. The maximum absolute atomic E-state index is 11.0. The molecule has 19 heavy (non-hydrogen) atoms. The first-order valence-electron chi connectivity index (χ1n) is 5.99. The third-order valence-corrected chi connectivity index (χ3v) is 3.27. The van der Waals surface area contributed by atoms with Crippen LogP contribution in [0.15, 0.2) is 12.3 Å². The van der Waals surface area contributed by atoms with E-state index in [1.54, 1.807) is 7.11 Å². The van der Waals surface area contributed by atoms with Crippen LogP contribution in [-0.2, 0) is 4.74 Å². The third-order valence-electron chi connectivity index (χ3n) is 3.27. The quantitative estimate of drug-likeness (QED) is 0.656. The summed E-state index contributed by atoms with van der Waals surface area (Å²) in [6.45, 7) is 0. The van der Waals surface area contributed by atoms with Crippen molar-refractivity contribution >= 4 is 11.5 Å². The summed E-state index contributed by atoms with van der Waals surface area (Å²) < 4.78 is 5.33. The molecular formula is C12H14N4O3. The van der Waals surface area contributed by atoms with Crippen molar-refractivity contribution in [3.63, 3.8) is 0 Å². The lowest BCUT2D eigenvalue weighted by molar-refractivity contribution is -0.384. The van der Waals surface area contributed by atoms with Gasteiger partial charge in [-0.25, -0.2) is 4.98 Å². The van der Waals surface area contributed by atoms with Crippen molar-refractivity contribution in [1.82, 2.24) is 4.98 Å². The van der Waals surface area contributed by atoms with Crippen molar-refractivity contribution in [2.24, 2.45) is 0 Å². The molecule has 0 aliphatic heterocycles. The summed E-state index contributed by atoms with van der Waals surface area (Å²) in [7, 11) is 1.63. The van der Waals surface area contributed by atoms with Crippen LogP contribution in [0.25, 0.3) is 0 Å². The Balaban J connectivity index is 2.25. The summed E-state index contributed by atoms with van der Waals surface area (Å²) >= 11 is 0. The van der Waals surface area contributed by atoms with Gasteiger partial charge in [0.05, 0.1) is 22.6 Å². The number of nitrogens with zero attached hydrogens (tertiary/aromatic N) is 3. The Hall–Kier alpha value is -2.20. The normalized spacial score (nSPS) is 21.9. The minimum atomic E-state index is -0.535. The van der Waals surface area contributed by atoms with Gasteiger partial charge in [-0.3, -0.25) is 10.1 Å². The Kier molecular flexibility index (Phi) is 3.92. The number of nitrogens with one attached hydrogen (secondary N) is 1. The lowest BCUT2D eigenvalue weighted by Gasteiger charge is -2.19. The Morgan fingerprint density at radius 3 is 3.05 bits per heavy atom. The molecule has 2 unspecified atom stereocenters. The highest BCUT2D eigenvalue weighted by Gasteiger charge is 2.29. The predicted molar refractivity (Wildman–Crippen MR) is 67.7 cm³/mol. The molecule has 7 nitrogen and oxygen atoms in total. The second-order valence-electron chi connectivity index (χ2n) is 4.42. The van der Waals surface area contributed by atoms with Gasteiger partial charge in [0.2, 0.25) is 5.82 Å². The molecule has 0 saturated heterocycles. The molecule has 1 fully saturated rings. The largest absolute Gasteiger partial charge is 0.379 e. The lowest BCUT2D eigenvalue weighted by atomic mass is 10.2. The minimum absolute atomic E-state index is 0.0177. The fourth-order valence-electron chi connectivity index (χ4n) is 2.31. The highest BCUT2D eigenvalue weighted by Crippen LogP contribution is 2.29. The smallest absolute Gasteiger partial charge is 0.312 e. The summed E-state index contributed by atoms with van der Waals surface area (Å²) in [5.41, 5.74) is -0.00670. The van der Waals surface area contributed by atoms with E-state index in [9.17, 15) is 10.1 Å². The number of nitro groups is 1. The van der Waals surface area contributed by atoms with Crippen molar-refractivity contribution in [1.29, 1.82) is 5.26 Å². The molecule has 1 saturated carbocycles. The Bertz CT molecular complexity index is 526. The van der Waals surface area contributed by atoms with Crippen LogP contribution >= 0.6 is 0 Å². The number of hydrogen-bond donors (Lipinski definition) is 1. The first kappa shape index (κ1) is 13.2. The van der Waals surface area contributed by atoms with E-state index < -0.39 is 4.92 Å². The zero-order valence-electron chi connectivity index (χ0n) is 10.5. The number of methoxy groups -OCH3 is 1. The van der Waals surface area contributed by atoms with E-state index >= 15 is 0 Å². The second-order valence-corrected chi connectivity index (χ2v) is 4.42. The second kappa shape index (κ2) is 5.63. The molecule has 0 amide bonds. The molecule has 1 aliphatic rings. The van der Waals surface area contributed by atoms with Crippen LogP contribution in [0.3, 0.4) is 0 Å². The van der Waals surface area contributed by atoms with Gasteiger partial charge in [-0.05, 0) is 19.3 Å². The van der Waals surface area contributed by atoms with Crippen molar-refractivity contribution in [3.8, 4) is 6.07 Å². The van der Waals surface area contributed by atoms with E-state index in [1.807, 2.05) is 6.07 Å². The van der Waals surface area contributed by atoms with Crippen LogP contribution in [0.1, 0.15) is 24.8 Å². The molecule has 100 valence electrons. The number of pyridine rings is 1. The van der Waals surface area contributed by atoms with Crippen LogP contribution in [-0.4, -0.2) is 29.2 Å². The standard InChI is InChI=1S/C12H14N4O3/c1-19-11-4-2-3-9(11)15-12-10(16(17)18)5-8(6-13)7-14-12/h5,7,9,11H,2-4H2,1H3,(H,14,15). The molecule has 7 heteroatoms. The third kappa shape index (κ3) is 2.80. The molecule has 1 aliphatic carbocycles. The maximum Gasteiger partial charge on any atom is 0.312 e. The number of aromatic nitrogens is 1. The van der Waals surface area contributed by atoms with Crippen molar-refractivity contribution in [2.75, 3.05) is 12.4 Å². The molecule has 0 radical (unpaired) electrons. The number of nitriles is 1. The SMILES string of the molecule is COC1CCCC1Nc1ncc(C#N)cc1[N+](=O)[O-]. The van der Waals surface area contributed by atoms with Gasteiger partial charge in [0.15, 0.2) is 0 Å². The lowest BCUT2D eigenvalue weighted by Crippen LogP contribution is -2.30. The van der Waals surface area contributed by atoms with Crippen LogP contribution in [0.2, 0.25) is 0 Å². The molecule has 2 rings (SSSR count). The highest BCUT2D eigenvalue weighted by molar-refractivity contribution is 5.58. The Labute approximate surface area is 110 Å². The molecule has 0 spiro atoms. The van der Waals surface area contributed by atoms with Crippen molar-refractivity contribution in [3.05, 3.63) is 27.9 Å². The molecule has 0 bridgehead atoms. The molecule has 1 aromatic rings. The fraction of sp³-hybridized carbons (Fsp3) is 0.500. The summed E-state index contributed by atoms with van der Waals surface area (Å²) in [6, 6.07) is 3.09. The molecule has 1 heterocycles. The van der Waals surface area contributed by atoms with Gasteiger partial charge in [-0.1, -0.05) is 0 Å². The predicted octanol–water partition coefficient (Wildman–Crippen LogP) is 1.84. The van der Waals surface area contributed by atoms with Crippen molar-refractivity contribution in [2.45, 2.75) is 31.4 Å². The molecular weight excluding hydrogens is 248 g/mol. The summed E-state index contributed by atoms with van der Waals surface area (Å²) in [5, 5.41) is 22.8. The van der Waals surface area contributed by atoms with Gasteiger partial charge in [0.25, 0.3) is 0 Å². The van der Waals surface area contributed by atoms with Crippen molar-refractivity contribution < 1.29 is 9.66 Å². The monoisotopic (exact) mass is 262 g/mol. The Morgan fingerprint density at radius 1 is 1.63 bits per heavy atom. The van der Waals surface area contributed by atoms with Crippen LogP contribution in [0, 0.1) is 21.4 Å². The van der Waals surface area contributed by atoms with E-state index in [2.05, 4.69) is 10.3 Å². The zero-order chi connectivity index (χ0) is 13.8. The number of rotatable bonds is 4. The molecule has 1 aromatic heterocycles. The van der Waals surface area contributed by atoms with Gasteiger partial charge in [-0.2, -0.15) is 5.26 Å². The number of ether oxygens (including phenoxy) is 1. The van der Waals surface area contributed by atoms with Crippen LogP contribution < -0.4 is 5.32 Å². The maximum atomic E-state index is 11.0. The van der Waals surface area contributed by atoms with Gasteiger partial charge in [0.1, 0.15) is 6.07 Å². The van der Waals surface area contributed by atoms with E-state index in [4.69, 9.17) is 10.00 Å². The summed E-state index contributed by atoms with van der Waals surface area (Å²) in [5.74, 6) is 0.193. The van der Waals surface area contributed by atoms with E-state index in [1.165, 1.54) is 12.3 Å². The van der Waals surface area contributed by atoms with Crippen LogP contribution in [0.4, 0.5) is 11.5 Å².